The highest BCUT2D eigenvalue weighted by atomic mass is 16.2. The van der Waals surface area contributed by atoms with Crippen molar-refractivity contribution >= 4 is 11.8 Å². The van der Waals surface area contributed by atoms with E-state index in [2.05, 4.69) is 41.4 Å². The number of hydrogen-bond donors (Lipinski definition) is 1. The van der Waals surface area contributed by atoms with E-state index in [0.717, 1.165) is 5.56 Å². The number of rotatable bonds is 7. The van der Waals surface area contributed by atoms with Gasteiger partial charge in [-0.3, -0.25) is 9.59 Å². The lowest BCUT2D eigenvalue weighted by Gasteiger charge is -2.26. The van der Waals surface area contributed by atoms with Gasteiger partial charge in [-0.25, -0.2) is 0 Å². The smallest absolute Gasteiger partial charge is 0.225 e. The number of likely N-dealkylation sites (tertiary alicyclic amines) is 1. The number of hydrogen-bond acceptors (Lipinski definition) is 3. The molecule has 29 heavy (non-hydrogen) atoms. The summed E-state index contributed by atoms with van der Waals surface area (Å²) in [4.78, 5) is 29.0. The van der Waals surface area contributed by atoms with Crippen molar-refractivity contribution in [1.29, 1.82) is 0 Å². The van der Waals surface area contributed by atoms with Gasteiger partial charge in [-0.05, 0) is 39.1 Å². The molecule has 2 atom stereocenters. The number of carbonyl (C=O) groups excluding carboxylic acids is 2. The predicted octanol–water partition coefficient (Wildman–Crippen LogP) is 3.07. The summed E-state index contributed by atoms with van der Waals surface area (Å²) in [5, 5.41) is 3.07. The molecular weight excluding hydrogens is 362 g/mol. The van der Waals surface area contributed by atoms with Crippen LogP contribution in [0.15, 0.2) is 48.5 Å². The van der Waals surface area contributed by atoms with Gasteiger partial charge < -0.3 is 15.1 Å². The molecule has 0 radical (unpaired) electrons. The van der Waals surface area contributed by atoms with Crippen molar-refractivity contribution in [2.75, 3.05) is 27.2 Å². The third kappa shape index (κ3) is 5.45. The van der Waals surface area contributed by atoms with Crippen LogP contribution in [0.5, 0.6) is 0 Å². The molecule has 2 aromatic carbocycles. The Morgan fingerprint density at radius 3 is 2.24 bits per heavy atom. The van der Waals surface area contributed by atoms with E-state index in [9.17, 15) is 9.59 Å². The summed E-state index contributed by atoms with van der Waals surface area (Å²) in [5.74, 6) is -0.272. The summed E-state index contributed by atoms with van der Waals surface area (Å²) in [6.07, 6.45) is 0.287. The molecule has 0 saturated carbocycles. The van der Waals surface area contributed by atoms with Gasteiger partial charge >= 0.3 is 0 Å². The molecule has 2 unspecified atom stereocenters. The molecule has 2 aromatic rings. The summed E-state index contributed by atoms with van der Waals surface area (Å²) >= 11 is 0. The molecule has 0 bridgehead atoms. The van der Waals surface area contributed by atoms with Crippen molar-refractivity contribution in [3.63, 3.8) is 0 Å². The molecule has 1 saturated heterocycles. The average Bonchev–Trinajstić information content (AvgIpc) is 3.05. The Hall–Kier alpha value is -2.66. The van der Waals surface area contributed by atoms with Gasteiger partial charge in [0, 0.05) is 26.1 Å². The van der Waals surface area contributed by atoms with E-state index >= 15 is 0 Å². The summed E-state index contributed by atoms with van der Waals surface area (Å²) < 4.78 is 0. The number of benzene rings is 2. The summed E-state index contributed by atoms with van der Waals surface area (Å²) in [6.45, 7) is 5.68. The number of amides is 2. The van der Waals surface area contributed by atoms with E-state index in [1.165, 1.54) is 16.7 Å². The topological polar surface area (TPSA) is 52.7 Å². The van der Waals surface area contributed by atoms with Crippen LogP contribution in [0.25, 0.3) is 0 Å². The molecule has 1 N–H and O–H groups in total. The lowest BCUT2D eigenvalue weighted by Crippen LogP contribution is -2.38. The van der Waals surface area contributed by atoms with Crippen LogP contribution < -0.4 is 5.32 Å². The third-order valence-corrected chi connectivity index (χ3v) is 5.63. The van der Waals surface area contributed by atoms with Gasteiger partial charge in [0.25, 0.3) is 0 Å². The molecule has 1 aliphatic rings. The van der Waals surface area contributed by atoms with E-state index in [0.29, 0.717) is 19.6 Å². The first-order chi connectivity index (χ1) is 13.8. The zero-order chi connectivity index (χ0) is 21.0. The van der Waals surface area contributed by atoms with E-state index in [-0.39, 0.29) is 30.2 Å². The minimum Gasteiger partial charge on any atom is -0.354 e. The highest BCUT2D eigenvalue weighted by Gasteiger charge is 2.34. The second-order valence-electron chi connectivity index (χ2n) is 8.30. The normalized spacial score (nSPS) is 17.6. The van der Waals surface area contributed by atoms with E-state index in [4.69, 9.17) is 0 Å². The highest BCUT2D eigenvalue weighted by Crippen LogP contribution is 2.22. The van der Waals surface area contributed by atoms with Gasteiger partial charge in [-0.15, -0.1) is 0 Å². The zero-order valence-electron chi connectivity index (χ0n) is 17.8. The van der Waals surface area contributed by atoms with Gasteiger partial charge in [0.1, 0.15) is 0 Å². The maximum absolute atomic E-state index is 12.7. The van der Waals surface area contributed by atoms with Crippen molar-refractivity contribution in [1.82, 2.24) is 15.1 Å². The monoisotopic (exact) mass is 393 g/mol. The molecule has 154 valence electrons. The predicted molar refractivity (Wildman–Crippen MR) is 115 cm³/mol. The molecule has 0 aromatic heterocycles. The van der Waals surface area contributed by atoms with Gasteiger partial charge in [0.05, 0.1) is 12.0 Å². The van der Waals surface area contributed by atoms with E-state index < -0.39 is 0 Å². The SMILES string of the molecule is Cc1ccc(CN2CC(C(=O)NCC(c3ccc(C)cc3)N(C)C)CC2=O)cc1. The van der Waals surface area contributed by atoms with Crippen LogP contribution in [-0.4, -0.2) is 48.8 Å². The summed E-state index contributed by atoms with van der Waals surface area (Å²) in [6, 6.07) is 16.7. The van der Waals surface area contributed by atoms with Crippen molar-refractivity contribution in [2.45, 2.75) is 32.9 Å². The first-order valence-electron chi connectivity index (χ1n) is 10.2. The minimum atomic E-state index is -0.284. The third-order valence-electron chi connectivity index (χ3n) is 5.63. The Bertz CT molecular complexity index is 843. The Balaban J connectivity index is 1.56. The maximum atomic E-state index is 12.7. The summed E-state index contributed by atoms with van der Waals surface area (Å²) in [7, 11) is 4.03. The fourth-order valence-electron chi connectivity index (χ4n) is 3.74. The van der Waals surface area contributed by atoms with Gasteiger partial charge in [0.2, 0.25) is 11.8 Å². The largest absolute Gasteiger partial charge is 0.354 e. The number of nitrogens with zero attached hydrogens (tertiary/aromatic N) is 2. The van der Waals surface area contributed by atoms with Crippen molar-refractivity contribution in [3.05, 3.63) is 70.8 Å². The highest BCUT2D eigenvalue weighted by molar-refractivity contribution is 5.89. The molecule has 0 spiro atoms. The van der Waals surface area contributed by atoms with Crippen LogP contribution in [0.3, 0.4) is 0 Å². The van der Waals surface area contributed by atoms with E-state index in [1.807, 2.05) is 45.3 Å². The molecule has 1 heterocycles. The van der Waals surface area contributed by atoms with Crippen molar-refractivity contribution < 1.29 is 9.59 Å². The lowest BCUT2D eigenvalue weighted by molar-refractivity contribution is -0.129. The van der Waals surface area contributed by atoms with Crippen LogP contribution in [-0.2, 0) is 16.1 Å². The van der Waals surface area contributed by atoms with Crippen LogP contribution >= 0.6 is 0 Å². The first kappa shape index (κ1) is 21.1. The van der Waals surface area contributed by atoms with Gasteiger partial charge in [0.15, 0.2) is 0 Å². The molecule has 3 rings (SSSR count). The quantitative estimate of drug-likeness (QED) is 0.787. The van der Waals surface area contributed by atoms with Crippen LogP contribution in [0.1, 0.15) is 34.7 Å². The second kappa shape index (κ2) is 9.23. The fraction of sp³-hybridized carbons (Fsp3) is 0.417. The van der Waals surface area contributed by atoms with E-state index in [1.54, 1.807) is 4.90 Å². The molecule has 0 aliphatic carbocycles. The van der Waals surface area contributed by atoms with Crippen LogP contribution in [0.4, 0.5) is 0 Å². The fourth-order valence-corrected chi connectivity index (χ4v) is 3.74. The second-order valence-corrected chi connectivity index (χ2v) is 8.30. The molecular formula is C24H31N3O2. The Kier molecular flexibility index (Phi) is 6.70. The lowest BCUT2D eigenvalue weighted by atomic mass is 10.0. The standard InChI is InChI=1S/C24H31N3O2/c1-17-5-9-19(10-6-17)15-27-16-21(13-23(27)28)24(29)25-14-22(26(3)4)20-11-7-18(2)8-12-20/h5-12,21-22H,13-16H2,1-4H3,(H,25,29). The van der Waals surface area contributed by atoms with Crippen LogP contribution in [0.2, 0.25) is 0 Å². The number of nitrogens with one attached hydrogen (secondary N) is 1. The zero-order valence-corrected chi connectivity index (χ0v) is 17.8. The molecule has 1 fully saturated rings. The molecule has 2 amide bonds. The van der Waals surface area contributed by atoms with Crippen LogP contribution in [0, 0.1) is 19.8 Å². The van der Waals surface area contributed by atoms with Gasteiger partial charge in [-0.2, -0.15) is 0 Å². The van der Waals surface area contributed by atoms with Crippen molar-refractivity contribution in [2.24, 2.45) is 5.92 Å². The Morgan fingerprint density at radius 2 is 1.66 bits per heavy atom. The van der Waals surface area contributed by atoms with Gasteiger partial charge in [-0.1, -0.05) is 59.7 Å². The molecule has 5 nitrogen and oxygen atoms in total. The summed E-state index contributed by atoms with van der Waals surface area (Å²) in [5.41, 5.74) is 4.68. The molecule has 5 heteroatoms. The average molecular weight is 394 g/mol. The number of aryl methyl sites for hydroxylation is 2. The Labute approximate surface area is 173 Å². The first-order valence-corrected chi connectivity index (χ1v) is 10.2. The number of carbonyl (C=O) groups is 2. The number of likely N-dealkylation sites (N-methyl/N-ethyl adjacent to an activating group) is 1. The molecule has 1 aliphatic heterocycles. The van der Waals surface area contributed by atoms with Crippen molar-refractivity contribution in [3.8, 4) is 0 Å². The minimum absolute atomic E-state index is 0.0382. The Morgan fingerprint density at radius 1 is 1.07 bits per heavy atom. The maximum Gasteiger partial charge on any atom is 0.225 e.